The van der Waals surface area contributed by atoms with Crippen molar-refractivity contribution in [1.29, 1.82) is 0 Å². The maximum Gasteiger partial charge on any atom is 0.163 e. The minimum absolute atomic E-state index is 0.196. The molecule has 1 aromatic heterocycles. The molecule has 3 aromatic rings. The summed E-state index contributed by atoms with van der Waals surface area (Å²) in [5.74, 6) is -1.66. The van der Waals surface area contributed by atoms with Gasteiger partial charge in [-0.05, 0) is 24.3 Å². The number of hydrogen-bond acceptors (Lipinski definition) is 2. The first-order valence-corrected chi connectivity index (χ1v) is 6.51. The van der Waals surface area contributed by atoms with E-state index in [4.69, 9.17) is 0 Å². The molecule has 0 bridgehead atoms. The Morgan fingerprint density at radius 1 is 1.00 bits per heavy atom. The van der Waals surface area contributed by atoms with Gasteiger partial charge in [-0.25, -0.2) is 13.5 Å². The standard InChI is InChI=1S/C16H13F2N3/c17-13-6-3-5-12(16(13)18)11-19-14-7-1-2-8-15(14)21-10-4-9-20-21/h1-10,19H,11H2. The van der Waals surface area contributed by atoms with Gasteiger partial charge in [0.2, 0.25) is 0 Å². The summed E-state index contributed by atoms with van der Waals surface area (Å²) in [5.41, 5.74) is 1.93. The fourth-order valence-electron chi connectivity index (χ4n) is 2.11. The molecule has 106 valence electrons. The van der Waals surface area contributed by atoms with E-state index >= 15 is 0 Å². The highest BCUT2D eigenvalue weighted by molar-refractivity contribution is 5.60. The van der Waals surface area contributed by atoms with Gasteiger partial charge in [0.15, 0.2) is 11.6 Å². The SMILES string of the molecule is Fc1cccc(CNc2ccccc2-n2cccn2)c1F. The topological polar surface area (TPSA) is 29.9 Å². The molecule has 0 unspecified atom stereocenters. The Kier molecular flexibility index (Phi) is 3.64. The number of nitrogens with zero attached hydrogens (tertiary/aromatic N) is 2. The van der Waals surface area contributed by atoms with E-state index in [9.17, 15) is 8.78 Å². The maximum absolute atomic E-state index is 13.6. The largest absolute Gasteiger partial charge is 0.379 e. The molecule has 0 spiro atoms. The first-order valence-electron chi connectivity index (χ1n) is 6.51. The quantitative estimate of drug-likeness (QED) is 0.791. The first-order chi connectivity index (χ1) is 10.3. The van der Waals surface area contributed by atoms with E-state index in [0.717, 1.165) is 17.4 Å². The summed E-state index contributed by atoms with van der Waals surface area (Å²) >= 11 is 0. The molecular weight excluding hydrogens is 272 g/mol. The number of halogens is 2. The molecule has 0 amide bonds. The minimum atomic E-state index is -0.838. The third-order valence-corrected chi connectivity index (χ3v) is 3.16. The zero-order valence-corrected chi connectivity index (χ0v) is 11.1. The Balaban J connectivity index is 1.85. The minimum Gasteiger partial charge on any atom is -0.379 e. The van der Waals surface area contributed by atoms with Crippen molar-refractivity contribution in [2.24, 2.45) is 0 Å². The number of anilines is 1. The van der Waals surface area contributed by atoms with Crippen LogP contribution in [0.1, 0.15) is 5.56 Å². The van der Waals surface area contributed by atoms with Crippen LogP contribution in [0.25, 0.3) is 5.69 Å². The zero-order chi connectivity index (χ0) is 14.7. The van der Waals surface area contributed by atoms with Crippen LogP contribution < -0.4 is 5.32 Å². The summed E-state index contributed by atoms with van der Waals surface area (Å²) in [5, 5.41) is 7.29. The predicted molar refractivity (Wildman–Crippen MR) is 77.2 cm³/mol. The second-order valence-corrected chi connectivity index (χ2v) is 4.53. The summed E-state index contributed by atoms with van der Waals surface area (Å²) in [6.45, 7) is 0.196. The van der Waals surface area contributed by atoms with Crippen molar-refractivity contribution in [3.8, 4) is 5.69 Å². The normalized spacial score (nSPS) is 10.6. The highest BCUT2D eigenvalue weighted by atomic mass is 19.2. The molecule has 3 rings (SSSR count). The Morgan fingerprint density at radius 2 is 1.86 bits per heavy atom. The highest BCUT2D eigenvalue weighted by Gasteiger charge is 2.09. The lowest BCUT2D eigenvalue weighted by molar-refractivity contribution is 0.500. The summed E-state index contributed by atoms with van der Waals surface area (Å²) in [4.78, 5) is 0. The maximum atomic E-state index is 13.6. The number of aromatic nitrogens is 2. The molecule has 1 N–H and O–H groups in total. The van der Waals surface area contributed by atoms with E-state index in [1.165, 1.54) is 6.07 Å². The van der Waals surface area contributed by atoms with Crippen molar-refractivity contribution >= 4 is 5.69 Å². The van der Waals surface area contributed by atoms with Crippen molar-refractivity contribution in [3.05, 3.63) is 78.1 Å². The van der Waals surface area contributed by atoms with Crippen LogP contribution in [-0.2, 0) is 6.54 Å². The molecule has 2 aromatic carbocycles. The average Bonchev–Trinajstić information content (AvgIpc) is 3.03. The highest BCUT2D eigenvalue weighted by Crippen LogP contribution is 2.20. The number of hydrogen-bond donors (Lipinski definition) is 1. The van der Waals surface area contributed by atoms with Gasteiger partial charge in [0.05, 0.1) is 11.4 Å². The molecule has 0 aliphatic heterocycles. The number of para-hydroxylation sites is 2. The Bertz CT molecular complexity index is 739. The molecule has 0 atom stereocenters. The molecule has 0 saturated heterocycles. The third-order valence-electron chi connectivity index (χ3n) is 3.16. The van der Waals surface area contributed by atoms with Crippen LogP contribution in [0.4, 0.5) is 14.5 Å². The van der Waals surface area contributed by atoms with E-state index in [0.29, 0.717) is 0 Å². The molecule has 1 heterocycles. The van der Waals surface area contributed by atoms with Crippen molar-refractivity contribution < 1.29 is 8.78 Å². The molecule has 0 fully saturated rings. The van der Waals surface area contributed by atoms with Crippen LogP contribution in [-0.4, -0.2) is 9.78 Å². The second kappa shape index (κ2) is 5.75. The summed E-state index contributed by atoms with van der Waals surface area (Å²) in [6.07, 6.45) is 3.51. The molecular formula is C16H13F2N3. The molecule has 0 aliphatic carbocycles. The Labute approximate surface area is 120 Å². The summed E-state index contributed by atoms with van der Waals surface area (Å²) in [7, 11) is 0. The van der Waals surface area contributed by atoms with Crippen molar-refractivity contribution in [3.63, 3.8) is 0 Å². The van der Waals surface area contributed by atoms with Crippen LogP contribution in [0.5, 0.6) is 0 Å². The lowest BCUT2D eigenvalue weighted by Crippen LogP contribution is -2.06. The first kappa shape index (κ1) is 13.3. The monoisotopic (exact) mass is 285 g/mol. The fourth-order valence-corrected chi connectivity index (χ4v) is 2.11. The van der Waals surface area contributed by atoms with Crippen LogP contribution in [0.2, 0.25) is 0 Å². The number of benzene rings is 2. The van der Waals surface area contributed by atoms with Crippen LogP contribution in [0, 0.1) is 11.6 Å². The molecule has 0 saturated carbocycles. The van der Waals surface area contributed by atoms with Gasteiger partial charge >= 0.3 is 0 Å². The summed E-state index contributed by atoms with van der Waals surface area (Å²) in [6, 6.07) is 13.5. The van der Waals surface area contributed by atoms with Gasteiger partial charge in [-0.15, -0.1) is 0 Å². The van der Waals surface area contributed by atoms with E-state index in [1.54, 1.807) is 16.9 Å². The molecule has 3 nitrogen and oxygen atoms in total. The van der Waals surface area contributed by atoms with Crippen molar-refractivity contribution in [2.45, 2.75) is 6.54 Å². The number of nitrogens with one attached hydrogen (secondary N) is 1. The predicted octanol–water partition coefficient (Wildman–Crippen LogP) is 3.76. The van der Waals surface area contributed by atoms with Crippen molar-refractivity contribution in [1.82, 2.24) is 9.78 Å². The second-order valence-electron chi connectivity index (χ2n) is 4.53. The van der Waals surface area contributed by atoms with Crippen LogP contribution in [0.15, 0.2) is 60.9 Å². The van der Waals surface area contributed by atoms with Gasteiger partial charge in [0, 0.05) is 24.5 Å². The summed E-state index contributed by atoms with van der Waals surface area (Å²) < 4.78 is 28.5. The van der Waals surface area contributed by atoms with E-state index in [1.807, 2.05) is 36.5 Å². The molecule has 0 radical (unpaired) electrons. The van der Waals surface area contributed by atoms with E-state index in [-0.39, 0.29) is 12.1 Å². The van der Waals surface area contributed by atoms with Gasteiger partial charge in [0.25, 0.3) is 0 Å². The Morgan fingerprint density at radius 3 is 2.67 bits per heavy atom. The van der Waals surface area contributed by atoms with Crippen LogP contribution in [0.3, 0.4) is 0 Å². The van der Waals surface area contributed by atoms with Gasteiger partial charge in [-0.2, -0.15) is 5.10 Å². The zero-order valence-electron chi connectivity index (χ0n) is 11.1. The van der Waals surface area contributed by atoms with Gasteiger partial charge in [0.1, 0.15) is 0 Å². The lowest BCUT2D eigenvalue weighted by atomic mass is 10.2. The van der Waals surface area contributed by atoms with E-state index < -0.39 is 11.6 Å². The van der Waals surface area contributed by atoms with Gasteiger partial charge in [-0.3, -0.25) is 0 Å². The Hall–Kier alpha value is -2.69. The van der Waals surface area contributed by atoms with E-state index in [2.05, 4.69) is 10.4 Å². The van der Waals surface area contributed by atoms with Crippen molar-refractivity contribution in [2.75, 3.05) is 5.32 Å². The molecule has 5 heteroatoms. The van der Waals surface area contributed by atoms with Gasteiger partial charge in [-0.1, -0.05) is 24.3 Å². The number of rotatable bonds is 4. The van der Waals surface area contributed by atoms with Crippen LogP contribution >= 0.6 is 0 Å². The fraction of sp³-hybridized carbons (Fsp3) is 0.0625. The lowest BCUT2D eigenvalue weighted by Gasteiger charge is -2.12. The van der Waals surface area contributed by atoms with Gasteiger partial charge < -0.3 is 5.32 Å². The molecule has 0 aliphatic rings. The molecule has 21 heavy (non-hydrogen) atoms. The smallest absolute Gasteiger partial charge is 0.163 e. The third kappa shape index (κ3) is 2.76. The average molecular weight is 285 g/mol.